The van der Waals surface area contributed by atoms with Crippen molar-refractivity contribution < 1.29 is 78.9 Å². The van der Waals surface area contributed by atoms with E-state index in [-0.39, 0.29) is 127 Å². The summed E-state index contributed by atoms with van der Waals surface area (Å²) in [7, 11) is -20.1. The van der Waals surface area contributed by atoms with Crippen LogP contribution in [0, 0.1) is 0 Å². The number of benzene rings is 4. The molecule has 9 rings (SSSR count). The Labute approximate surface area is 486 Å². The molecule has 0 atom stereocenters. The molecule has 31 heteroatoms. The smallest absolute Gasteiger partial charge is 0.657 e. The van der Waals surface area contributed by atoms with Gasteiger partial charge in [0.1, 0.15) is 19.6 Å². The minimum Gasteiger partial charge on any atom is -0.657 e. The van der Waals surface area contributed by atoms with E-state index in [4.69, 9.17) is 123 Å². The summed E-state index contributed by atoms with van der Waals surface area (Å²) in [5.41, 5.74) is -2.16. The number of aromatic nitrogens is 4. The Bertz CT molecular complexity index is 3920. The zero-order chi connectivity index (χ0) is 55.9. The minimum absolute atomic E-state index is 0. The molecule has 18 nitrogen and oxygen atoms in total. The molecule has 8 bridgehead atoms. The van der Waals surface area contributed by atoms with Gasteiger partial charge in [-0.15, -0.1) is 22.1 Å². The number of rotatable bonds is 8. The first kappa shape index (κ1) is 60.1. The maximum Gasteiger partial charge on any atom is 2.00 e. The minimum atomic E-state index is -5.04. The summed E-state index contributed by atoms with van der Waals surface area (Å²) >= 11 is 54.5. The van der Waals surface area contributed by atoms with E-state index in [9.17, 15) is 51.9 Å². The van der Waals surface area contributed by atoms with Crippen LogP contribution in [0.1, 0.15) is 29.7 Å². The molecule has 0 aliphatic carbocycles. The van der Waals surface area contributed by atoms with E-state index >= 15 is 0 Å². The molecule has 0 spiro atoms. The predicted molar refractivity (Wildman–Crippen MR) is 291 cm³/mol. The van der Waals surface area contributed by atoms with Gasteiger partial charge in [-0.1, -0.05) is 117 Å². The second-order valence-electron chi connectivity index (χ2n) is 15.7. The number of carbonyl (C=O) groups is 1. The average Bonchev–Trinajstić information content (AvgIpc) is 4.17. The number of hydrogen-bond donors (Lipinski definition) is 5. The molecule has 4 aromatic carbocycles. The topological polar surface area (TPSA) is 309 Å². The van der Waals surface area contributed by atoms with E-state index in [1.54, 1.807) is 0 Å². The summed E-state index contributed by atoms with van der Waals surface area (Å²) in [5.74, 6) is -0.833. The molecular weight excluding hydrogens is 1300 g/mol. The van der Waals surface area contributed by atoms with Crippen LogP contribution >= 0.6 is 92.8 Å². The van der Waals surface area contributed by atoms with Gasteiger partial charge in [-0.25, -0.2) is 9.97 Å². The van der Waals surface area contributed by atoms with Crippen molar-refractivity contribution in [2.75, 3.05) is 0 Å². The maximum atomic E-state index is 12.7. The molecule has 0 amide bonds. The summed E-state index contributed by atoms with van der Waals surface area (Å²) < 4.78 is 142. The van der Waals surface area contributed by atoms with E-state index in [1.807, 2.05) is 0 Å². The number of nitrogens with zero attached hydrogens (tertiary/aromatic N) is 4. The maximum absolute atomic E-state index is 12.7. The number of carboxylic acids is 1. The van der Waals surface area contributed by atoms with Crippen LogP contribution < -0.4 is 9.97 Å². The van der Waals surface area contributed by atoms with Gasteiger partial charge in [0.05, 0.1) is 63.0 Å². The molecule has 2 aliphatic rings. The largest absolute Gasteiger partial charge is 2.00 e. The van der Waals surface area contributed by atoms with Crippen LogP contribution in [0.25, 0.3) is 90.9 Å². The Balaban J connectivity index is 0.00000166. The molecular formula is C46H24Cl8MnN4O14S4. The average molecular weight is 1320 g/mol. The van der Waals surface area contributed by atoms with Crippen molar-refractivity contribution in [3.05, 3.63) is 136 Å². The van der Waals surface area contributed by atoms with Gasteiger partial charge in [-0.3, -0.25) is 23.0 Å². The van der Waals surface area contributed by atoms with Gasteiger partial charge < -0.3 is 15.1 Å². The molecule has 7 aromatic rings. The Morgan fingerprint density at radius 2 is 0.558 bits per heavy atom. The van der Waals surface area contributed by atoms with Crippen LogP contribution in [0.4, 0.5) is 0 Å². The van der Waals surface area contributed by atoms with Gasteiger partial charge in [0.2, 0.25) is 0 Å². The molecule has 1 radical (unpaired) electrons. The quantitative estimate of drug-likeness (QED) is 0.0697. The number of aliphatic carboxylic acids is 1. The standard InChI is InChI=1S/C44H20Cl8N4O12S4.C2H4O2.Mn/c45-17-1-13-29(69(57,58)59)41(49)33(17)37-21-5-7-23(53-21)38(34-18(46)2-14-30(42(34)50)70(60,61)62)25-9-11-27(55-25)40(36-20(48)4-16-32(44(36)52)72(66,67)68)28-12-10-26(56-28)39(24-8-6-22(37)54-24)35-19(47)3-15-31(43(35)51)71(63,64)65;1-2(3)4;/h1-16H,(H,57,58,59)(H,60,61,62)(H,63,64,65)(H,66,67,68);1H3,(H,3,4);/q-2;;+2. The molecule has 399 valence electrons. The van der Waals surface area contributed by atoms with Crippen molar-refractivity contribution in [3.8, 4) is 44.5 Å². The van der Waals surface area contributed by atoms with Crippen molar-refractivity contribution in [2.45, 2.75) is 26.5 Å². The molecule has 3 aromatic heterocycles. The van der Waals surface area contributed by atoms with Crippen molar-refractivity contribution in [1.82, 2.24) is 19.9 Å². The van der Waals surface area contributed by atoms with E-state index in [1.165, 1.54) is 48.6 Å². The molecule has 77 heavy (non-hydrogen) atoms. The fourth-order valence-electron chi connectivity index (χ4n) is 7.96. The predicted octanol–water partition coefficient (Wildman–Crippen LogP) is 12.9. The van der Waals surface area contributed by atoms with Gasteiger partial charge in [0.25, 0.3) is 46.4 Å². The third-order valence-electron chi connectivity index (χ3n) is 10.9. The summed E-state index contributed by atoms with van der Waals surface area (Å²) in [5, 5.41) is 4.25. The van der Waals surface area contributed by atoms with Crippen molar-refractivity contribution in [1.29, 1.82) is 0 Å². The Morgan fingerprint density at radius 3 is 0.727 bits per heavy atom. The summed E-state index contributed by atoms with van der Waals surface area (Å²) in [4.78, 5) is 25.3. The second kappa shape index (κ2) is 22.2. The number of hydrogen-bond acceptors (Lipinski definition) is 11. The van der Waals surface area contributed by atoms with Crippen LogP contribution in [-0.4, -0.2) is 72.9 Å². The molecule has 5 heterocycles. The van der Waals surface area contributed by atoms with Gasteiger partial charge in [-0.05, 0) is 95.1 Å². The first-order valence-electron chi connectivity index (χ1n) is 20.4. The van der Waals surface area contributed by atoms with Crippen molar-refractivity contribution in [2.24, 2.45) is 0 Å². The van der Waals surface area contributed by atoms with Crippen LogP contribution in [0.3, 0.4) is 0 Å². The summed E-state index contributed by atoms with van der Waals surface area (Å²) in [6, 6.07) is 13.9. The Morgan fingerprint density at radius 1 is 0.377 bits per heavy atom. The third kappa shape index (κ3) is 11.7. The number of fused-ring (bicyclic) bond motifs is 8. The molecule has 0 fully saturated rings. The van der Waals surface area contributed by atoms with E-state index in [2.05, 4.69) is 0 Å². The molecule has 0 saturated carbocycles. The zero-order valence-corrected chi connectivity index (χ0v) is 48.0. The Kier molecular flexibility index (Phi) is 17.3. The van der Waals surface area contributed by atoms with Crippen LogP contribution in [0.2, 0.25) is 40.2 Å². The van der Waals surface area contributed by atoms with Crippen LogP contribution in [0.5, 0.6) is 0 Å². The fourth-order valence-corrected chi connectivity index (χ4v) is 13.6. The molecule has 2 aliphatic heterocycles. The van der Waals surface area contributed by atoms with Crippen LogP contribution in [-0.2, 0) is 62.3 Å². The molecule has 0 unspecified atom stereocenters. The van der Waals surface area contributed by atoms with Gasteiger partial charge in [0.15, 0.2) is 0 Å². The number of halogens is 8. The normalized spacial score (nSPS) is 12.5. The zero-order valence-electron chi connectivity index (χ0n) is 37.5. The molecule has 5 N–H and O–H groups in total. The Hall–Kier alpha value is -4.57. The fraction of sp³-hybridized carbons (Fsp3) is 0.0217. The second-order valence-corrected chi connectivity index (χ2v) is 24.4. The summed E-state index contributed by atoms with van der Waals surface area (Å²) in [6.07, 6.45) is 5.55. The monoisotopic (exact) mass is 1320 g/mol. The van der Waals surface area contributed by atoms with Crippen molar-refractivity contribution >= 4 is 186 Å². The van der Waals surface area contributed by atoms with E-state index < -0.39 is 86.1 Å². The molecule has 0 saturated heterocycles. The first-order valence-corrected chi connectivity index (χ1v) is 29.2. The van der Waals surface area contributed by atoms with Crippen molar-refractivity contribution in [3.63, 3.8) is 0 Å². The third-order valence-corrected chi connectivity index (χ3v) is 17.8. The summed E-state index contributed by atoms with van der Waals surface area (Å²) in [6.45, 7) is 1.08. The SMILES string of the molecule is CC(=O)O.O=S(=O)(O)c1ccc(Cl)c(-c2c3nc(c(-c4c(Cl)ccc(S(=O)(=O)O)c4Cl)c4ccc([n-]4)c(-c4c(Cl)ccc(S(=O)(=O)O)c4Cl)c4nc(c(-c5c(Cl)ccc(S(=O)(=O)O)c5Cl)c5ccc2[n-]5)C=C4)C=C3)c1Cl.[Mn+2]. The number of carboxylic acid groups (broad SMARTS) is 1. The van der Waals surface area contributed by atoms with E-state index in [0.717, 1.165) is 55.5 Å². The van der Waals surface area contributed by atoms with E-state index in [0.29, 0.717) is 0 Å². The van der Waals surface area contributed by atoms with Crippen LogP contribution in [0.15, 0.2) is 92.4 Å². The van der Waals surface area contributed by atoms with Gasteiger partial charge in [-0.2, -0.15) is 33.7 Å². The van der Waals surface area contributed by atoms with Gasteiger partial charge >= 0.3 is 17.1 Å². The first-order chi connectivity index (χ1) is 35.3. The van der Waals surface area contributed by atoms with Gasteiger partial charge in [0, 0.05) is 29.2 Å².